The minimum Gasteiger partial charge on any atom is -0.493 e. The fourth-order valence-electron chi connectivity index (χ4n) is 2.15. The molecule has 2 rings (SSSR count). The van der Waals surface area contributed by atoms with Crippen LogP contribution in [0, 0.1) is 6.92 Å². The highest BCUT2D eigenvalue weighted by Crippen LogP contribution is 2.28. The molecule has 0 spiro atoms. The summed E-state index contributed by atoms with van der Waals surface area (Å²) in [4.78, 5) is 22.7. The third-order valence-electron chi connectivity index (χ3n) is 3.49. The molecule has 0 aliphatic rings. The first kappa shape index (κ1) is 19.8. The number of aliphatic carboxylic acids is 1. The number of benzene rings is 2. The van der Waals surface area contributed by atoms with Gasteiger partial charge < -0.3 is 19.9 Å². The normalized spacial score (nSPS) is 11.7. The van der Waals surface area contributed by atoms with Gasteiger partial charge in [-0.1, -0.05) is 12.1 Å². The Morgan fingerprint density at radius 3 is 2.63 bits per heavy atom. The van der Waals surface area contributed by atoms with Crippen LogP contribution in [0.4, 0.5) is 10.5 Å². The fraction of sp³-hybridized carbons (Fsp3) is 0.211. The lowest BCUT2D eigenvalue weighted by molar-refractivity contribution is -0.144. The molecule has 8 heteroatoms. The average Bonchev–Trinajstić information content (AvgIpc) is 2.62. The van der Waals surface area contributed by atoms with Crippen LogP contribution in [0.1, 0.15) is 18.1 Å². The smallest absolute Gasteiger partial charge is 0.344 e. The van der Waals surface area contributed by atoms with Crippen molar-refractivity contribution in [1.29, 1.82) is 0 Å². The summed E-state index contributed by atoms with van der Waals surface area (Å²) in [6, 6.07) is 11.8. The number of urea groups is 1. The number of nitrogens with zero attached hydrogens (tertiary/aromatic N) is 1. The number of rotatable bonds is 7. The number of carbonyl (C=O) groups is 2. The molecule has 0 radical (unpaired) electrons. The van der Waals surface area contributed by atoms with E-state index in [-0.39, 0.29) is 0 Å². The molecule has 1 atom stereocenters. The molecule has 0 aromatic heterocycles. The zero-order chi connectivity index (χ0) is 19.8. The molecule has 3 N–H and O–H groups in total. The molecule has 142 valence electrons. The monoisotopic (exact) mass is 371 g/mol. The highest BCUT2D eigenvalue weighted by atomic mass is 16.5. The molecule has 0 unspecified atom stereocenters. The number of carboxylic acids is 1. The molecule has 0 heterocycles. The quantitative estimate of drug-likeness (QED) is 0.512. The van der Waals surface area contributed by atoms with Crippen molar-refractivity contribution in [3.63, 3.8) is 0 Å². The Bertz CT molecular complexity index is 851. The van der Waals surface area contributed by atoms with Gasteiger partial charge in [0.2, 0.25) is 0 Å². The highest BCUT2D eigenvalue weighted by molar-refractivity contribution is 5.90. The predicted octanol–water partition coefficient (Wildman–Crippen LogP) is 3.01. The first-order chi connectivity index (χ1) is 12.9. The largest absolute Gasteiger partial charge is 0.493 e. The lowest BCUT2D eigenvalue weighted by atomic mass is 10.2. The van der Waals surface area contributed by atoms with Crippen molar-refractivity contribution in [2.24, 2.45) is 5.10 Å². The van der Waals surface area contributed by atoms with Crippen LogP contribution in [-0.4, -0.2) is 36.5 Å². The third-order valence-corrected chi connectivity index (χ3v) is 3.49. The lowest BCUT2D eigenvalue weighted by Gasteiger charge is -2.14. The van der Waals surface area contributed by atoms with Crippen LogP contribution in [0.15, 0.2) is 47.6 Å². The van der Waals surface area contributed by atoms with Crippen molar-refractivity contribution < 1.29 is 24.2 Å². The number of anilines is 1. The summed E-state index contributed by atoms with van der Waals surface area (Å²) < 4.78 is 10.5. The number of hydrogen-bond acceptors (Lipinski definition) is 5. The number of carbonyl (C=O) groups excluding carboxylic acids is 1. The molecule has 0 fully saturated rings. The molecule has 2 aromatic carbocycles. The molecule has 0 saturated carbocycles. The van der Waals surface area contributed by atoms with Crippen molar-refractivity contribution in [3.05, 3.63) is 53.6 Å². The van der Waals surface area contributed by atoms with Crippen molar-refractivity contribution in [2.45, 2.75) is 20.0 Å². The average molecular weight is 371 g/mol. The molecule has 2 amide bonds. The summed E-state index contributed by atoms with van der Waals surface area (Å²) in [5, 5.41) is 15.5. The van der Waals surface area contributed by atoms with E-state index in [9.17, 15) is 9.59 Å². The molecule has 27 heavy (non-hydrogen) atoms. The Hall–Kier alpha value is -3.55. The first-order valence-corrected chi connectivity index (χ1v) is 8.13. The number of hydrazone groups is 1. The molecule has 8 nitrogen and oxygen atoms in total. The van der Waals surface area contributed by atoms with E-state index >= 15 is 0 Å². The van der Waals surface area contributed by atoms with E-state index < -0.39 is 18.1 Å². The number of nitrogens with one attached hydrogen (secondary N) is 2. The van der Waals surface area contributed by atoms with Crippen molar-refractivity contribution in [2.75, 3.05) is 12.4 Å². The summed E-state index contributed by atoms with van der Waals surface area (Å²) in [6.07, 6.45) is 0.424. The van der Waals surface area contributed by atoms with E-state index in [0.717, 1.165) is 5.56 Å². The van der Waals surface area contributed by atoms with E-state index in [1.807, 2.05) is 25.1 Å². The van der Waals surface area contributed by atoms with Crippen LogP contribution in [0.5, 0.6) is 11.5 Å². The Kier molecular flexibility index (Phi) is 6.76. The molecular weight excluding hydrogens is 350 g/mol. The van der Waals surface area contributed by atoms with Crippen LogP contribution in [0.3, 0.4) is 0 Å². The van der Waals surface area contributed by atoms with E-state index in [0.29, 0.717) is 22.7 Å². The van der Waals surface area contributed by atoms with Crippen molar-refractivity contribution >= 4 is 23.9 Å². The Morgan fingerprint density at radius 1 is 1.19 bits per heavy atom. The third kappa shape index (κ3) is 6.03. The Labute approximate surface area is 156 Å². The summed E-state index contributed by atoms with van der Waals surface area (Å²) in [6.45, 7) is 3.35. The lowest BCUT2D eigenvalue weighted by Crippen LogP contribution is -2.24. The summed E-state index contributed by atoms with van der Waals surface area (Å²) in [5.41, 5.74) is 4.70. The second-order valence-electron chi connectivity index (χ2n) is 5.70. The van der Waals surface area contributed by atoms with Gasteiger partial charge in [0.25, 0.3) is 0 Å². The standard InChI is InChI=1S/C19H21N3O5/c1-12-5-4-6-15(9-12)21-19(25)22-20-11-14-7-8-16(17(10-14)26-3)27-13(2)18(23)24/h4-11,13H,1-3H3,(H,23,24)(H2,21,22,25)/b20-11+/t13-/m1/s1. The number of amides is 2. The van der Waals surface area contributed by atoms with Crippen LogP contribution < -0.4 is 20.2 Å². The van der Waals surface area contributed by atoms with Crippen molar-refractivity contribution in [1.82, 2.24) is 5.43 Å². The van der Waals surface area contributed by atoms with Crippen LogP contribution >= 0.6 is 0 Å². The minimum atomic E-state index is -1.08. The Morgan fingerprint density at radius 2 is 1.96 bits per heavy atom. The molecular formula is C19H21N3O5. The van der Waals surface area contributed by atoms with Gasteiger partial charge in [0, 0.05) is 5.69 Å². The summed E-state index contributed by atoms with van der Waals surface area (Å²) >= 11 is 0. The molecule has 2 aromatic rings. The zero-order valence-electron chi connectivity index (χ0n) is 15.2. The van der Waals surface area contributed by atoms with E-state index in [4.69, 9.17) is 14.6 Å². The van der Waals surface area contributed by atoms with Gasteiger partial charge in [-0.2, -0.15) is 5.10 Å². The van der Waals surface area contributed by atoms with E-state index in [1.54, 1.807) is 24.3 Å². The van der Waals surface area contributed by atoms with Gasteiger partial charge in [-0.15, -0.1) is 0 Å². The SMILES string of the molecule is COc1cc(/C=N/NC(=O)Nc2cccc(C)c2)ccc1O[C@H](C)C(=O)O. The molecule has 0 saturated heterocycles. The summed E-state index contributed by atoms with van der Waals surface area (Å²) in [7, 11) is 1.45. The minimum absolute atomic E-state index is 0.301. The van der Waals surface area contributed by atoms with E-state index in [1.165, 1.54) is 20.2 Å². The van der Waals surface area contributed by atoms with Crippen molar-refractivity contribution in [3.8, 4) is 11.5 Å². The molecule has 0 aliphatic heterocycles. The zero-order valence-corrected chi connectivity index (χ0v) is 15.2. The second kappa shape index (κ2) is 9.23. The van der Waals surface area contributed by atoms with Gasteiger partial charge in [-0.05, 0) is 55.3 Å². The second-order valence-corrected chi connectivity index (χ2v) is 5.70. The van der Waals surface area contributed by atoms with Crippen LogP contribution in [-0.2, 0) is 4.79 Å². The van der Waals surface area contributed by atoms with Gasteiger partial charge in [-0.3, -0.25) is 0 Å². The number of ether oxygens (including phenoxy) is 2. The van der Waals surface area contributed by atoms with Gasteiger partial charge in [0.1, 0.15) is 0 Å². The molecule has 0 bridgehead atoms. The Balaban J connectivity index is 1.97. The number of aryl methyl sites for hydroxylation is 1. The van der Waals surface area contributed by atoms with Crippen LogP contribution in [0.2, 0.25) is 0 Å². The number of carboxylic acid groups (broad SMARTS) is 1. The van der Waals surface area contributed by atoms with Gasteiger partial charge in [0.15, 0.2) is 17.6 Å². The van der Waals surface area contributed by atoms with E-state index in [2.05, 4.69) is 15.8 Å². The van der Waals surface area contributed by atoms with Gasteiger partial charge >= 0.3 is 12.0 Å². The van der Waals surface area contributed by atoms with Crippen LogP contribution in [0.25, 0.3) is 0 Å². The van der Waals surface area contributed by atoms with Gasteiger partial charge in [0.05, 0.1) is 13.3 Å². The maximum Gasteiger partial charge on any atom is 0.344 e. The summed E-state index contributed by atoms with van der Waals surface area (Å²) in [5.74, 6) is -0.419. The highest BCUT2D eigenvalue weighted by Gasteiger charge is 2.15. The maximum atomic E-state index is 11.8. The fourth-order valence-corrected chi connectivity index (χ4v) is 2.15. The topological polar surface area (TPSA) is 109 Å². The maximum absolute atomic E-state index is 11.8. The number of hydrogen-bond donors (Lipinski definition) is 3. The number of methoxy groups -OCH3 is 1. The first-order valence-electron chi connectivity index (χ1n) is 8.13. The van der Waals surface area contributed by atoms with Gasteiger partial charge in [-0.25, -0.2) is 15.0 Å². The molecule has 0 aliphatic carbocycles. The predicted molar refractivity (Wildman–Crippen MR) is 102 cm³/mol.